The van der Waals surface area contributed by atoms with Crippen molar-refractivity contribution in [1.29, 1.82) is 0 Å². The van der Waals surface area contributed by atoms with Gasteiger partial charge >= 0.3 is 5.97 Å². The number of furan rings is 1. The van der Waals surface area contributed by atoms with E-state index in [-0.39, 0.29) is 5.97 Å². The molecule has 0 radical (unpaired) electrons. The van der Waals surface area contributed by atoms with Crippen molar-refractivity contribution in [1.82, 2.24) is 0 Å². The monoisotopic (exact) mass is 259 g/mol. The van der Waals surface area contributed by atoms with Gasteiger partial charge in [-0.3, -0.25) is 0 Å². The van der Waals surface area contributed by atoms with E-state index in [2.05, 4.69) is 23.9 Å². The molecule has 0 bridgehead atoms. The third-order valence-corrected chi connectivity index (χ3v) is 4.05. The van der Waals surface area contributed by atoms with Gasteiger partial charge in [-0.2, -0.15) is 5.90 Å². The number of carbonyl (C=O) groups is 1. The first-order chi connectivity index (χ1) is 9.18. The minimum absolute atomic E-state index is 0.312. The summed E-state index contributed by atoms with van der Waals surface area (Å²) in [6.07, 6.45) is 5.04. The molecular formula is C15H17NO3. The highest BCUT2D eigenvalue weighted by molar-refractivity contribution is 5.85. The van der Waals surface area contributed by atoms with Gasteiger partial charge in [0, 0.05) is 5.39 Å². The maximum absolute atomic E-state index is 11.7. The lowest BCUT2D eigenvalue weighted by atomic mass is 9.95. The molecule has 4 heteroatoms. The van der Waals surface area contributed by atoms with Gasteiger partial charge in [-0.05, 0) is 48.9 Å². The first kappa shape index (κ1) is 12.2. The fraction of sp³-hybridized carbons (Fsp3) is 0.400. The molecule has 3 rings (SSSR count). The SMILES string of the molecule is CCc1ccc2occ(CC3(C(=O)ON)CC3)c2c1. The van der Waals surface area contributed by atoms with E-state index in [1.54, 1.807) is 6.26 Å². The lowest BCUT2D eigenvalue weighted by molar-refractivity contribution is -0.150. The Labute approximate surface area is 111 Å². The van der Waals surface area contributed by atoms with Gasteiger partial charge in [0.15, 0.2) is 0 Å². The second kappa shape index (κ2) is 4.38. The van der Waals surface area contributed by atoms with E-state index in [0.717, 1.165) is 35.8 Å². The number of nitrogens with two attached hydrogens (primary N) is 1. The molecule has 0 atom stereocenters. The first-order valence-corrected chi connectivity index (χ1v) is 6.59. The van der Waals surface area contributed by atoms with E-state index in [9.17, 15) is 4.79 Å². The molecular weight excluding hydrogens is 242 g/mol. The van der Waals surface area contributed by atoms with Crippen LogP contribution in [0.3, 0.4) is 0 Å². The van der Waals surface area contributed by atoms with E-state index in [0.29, 0.717) is 6.42 Å². The molecule has 1 aromatic heterocycles. The number of benzene rings is 1. The van der Waals surface area contributed by atoms with Crippen molar-refractivity contribution in [2.24, 2.45) is 11.3 Å². The molecule has 1 fully saturated rings. The summed E-state index contributed by atoms with van der Waals surface area (Å²) in [6, 6.07) is 6.19. The Morgan fingerprint density at radius 2 is 2.26 bits per heavy atom. The second-order valence-electron chi connectivity index (χ2n) is 5.31. The van der Waals surface area contributed by atoms with Crippen LogP contribution in [0, 0.1) is 5.41 Å². The van der Waals surface area contributed by atoms with Crippen molar-refractivity contribution in [3.05, 3.63) is 35.6 Å². The van der Waals surface area contributed by atoms with Gasteiger partial charge in [-0.1, -0.05) is 13.0 Å². The lowest BCUT2D eigenvalue weighted by Gasteiger charge is -2.10. The van der Waals surface area contributed by atoms with Crippen molar-refractivity contribution >= 4 is 16.9 Å². The summed E-state index contributed by atoms with van der Waals surface area (Å²) in [7, 11) is 0. The fourth-order valence-corrected chi connectivity index (χ4v) is 2.58. The van der Waals surface area contributed by atoms with Gasteiger partial charge < -0.3 is 9.25 Å². The highest BCUT2D eigenvalue weighted by Crippen LogP contribution is 2.50. The van der Waals surface area contributed by atoms with Crippen molar-refractivity contribution in [2.75, 3.05) is 0 Å². The van der Waals surface area contributed by atoms with E-state index in [1.807, 2.05) is 6.07 Å². The minimum atomic E-state index is -0.423. The van der Waals surface area contributed by atoms with Crippen molar-refractivity contribution in [2.45, 2.75) is 32.6 Å². The van der Waals surface area contributed by atoms with Crippen LogP contribution in [0.5, 0.6) is 0 Å². The number of hydrogen-bond donors (Lipinski definition) is 1. The van der Waals surface area contributed by atoms with E-state index in [1.165, 1.54) is 5.56 Å². The van der Waals surface area contributed by atoms with Crippen LogP contribution in [0.15, 0.2) is 28.9 Å². The van der Waals surface area contributed by atoms with Crippen LogP contribution in [0.2, 0.25) is 0 Å². The van der Waals surface area contributed by atoms with Gasteiger partial charge in [0.1, 0.15) is 5.58 Å². The summed E-state index contributed by atoms with van der Waals surface area (Å²) in [5.41, 5.74) is 2.77. The van der Waals surface area contributed by atoms with Gasteiger partial charge in [-0.15, -0.1) is 0 Å². The molecule has 0 aliphatic heterocycles. The zero-order valence-electron chi connectivity index (χ0n) is 10.9. The third-order valence-electron chi connectivity index (χ3n) is 4.05. The number of carbonyl (C=O) groups excluding carboxylic acids is 1. The molecule has 2 N–H and O–H groups in total. The number of aryl methyl sites for hydroxylation is 1. The smallest absolute Gasteiger partial charge is 0.330 e. The predicted octanol–water partition coefficient (Wildman–Crippen LogP) is 2.73. The zero-order valence-corrected chi connectivity index (χ0v) is 10.9. The zero-order chi connectivity index (χ0) is 13.5. The molecule has 100 valence electrons. The predicted molar refractivity (Wildman–Crippen MR) is 71.2 cm³/mol. The van der Waals surface area contributed by atoms with Gasteiger partial charge in [0.25, 0.3) is 0 Å². The molecule has 1 saturated carbocycles. The average molecular weight is 259 g/mol. The number of rotatable bonds is 4. The van der Waals surface area contributed by atoms with Crippen molar-refractivity contribution in [3.63, 3.8) is 0 Å². The Kier molecular flexibility index (Phi) is 2.82. The molecule has 2 aromatic rings. The molecule has 1 aliphatic carbocycles. The summed E-state index contributed by atoms with van der Waals surface area (Å²) in [5.74, 6) is 4.70. The van der Waals surface area contributed by atoms with Crippen molar-refractivity contribution < 1.29 is 14.0 Å². The summed E-state index contributed by atoms with van der Waals surface area (Å²) >= 11 is 0. The Balaban J connectivity index is 1.95. The molecule has 0 unspecified atom stereocenters. The Morgan fingerprint density at radius 3 is 2.89 bits per heavy atom. The normalized spacial score (nSPS) is 16.5. The van der Waals surface area contributed by atoms with Crippen LogP contribution in [-0.4, -0.2) is 5.97 Å². The average Bonchev–Trinajstić information content (AvgIpc) is 3.13. The van der Waals surface area contributed by atoms with E-state index in [4.69, 9.17) is 10.3 Å². The maximum atomic E-state index is 11.7. The number of hydrogen-bond acceptors (Lipinski definition) is 4. The van der Waals surface area contributed by atoms with E-state index < -0.39 is 5.41 Å². The molecule has 1 aromatic carbocycles. The molecule has 1 aliphatic rings. The Hall–Kier alpha value is -1.81. The second-order valence-corrected chi connectivity index (χ2v) is 5.31. The molecule has 0 amide bonds. The molecule has 19 heavy (non-hydrogen) atoms. The highest BCUT2D eigenvalue weighted by Gasteiger charge is 2.51. The summed E-state index contributed by atoms with van der Waals surface area (Å²) in [4.78, 5) is 16.1. The van der Waals surface area contributed by atoms with Crippen LogP contribution in [0.1, 0.15) is 30.9 Å². The summed E-state index contributed by atoms with van der Waals surface area (Å²) in [5, 5.41) is 1.09. The van der Waals surface area contributed by atoms with Crippen LogP contribution in [0.25, 0.3) is 11.0 Å². The number of fused-ring (bicyclic) bond motifs is 1. The van der Waals surface area contributed by atoms with Gasteiger partial charge in [0.2, 0.25) is 0 Å². The first-order valence-electron chi connectivity index (χ1n) is 6.59. The Bertz CT molecular complexity index is 625. The summed E-state index contributed by atoms with van der Waals surface area (Å²) in [6.45, 7) is 2.12. The minimum Gasteiger partial charge on any atom is -0.464 e. The molecule has 0 saturated heterocycles. The molecule has 4 nitrogen and oxygen atoms in total. The standard InChI is InChI=1S/C15H17NO3/c1-2-10-3-4-13-12(7-10)11(9-18-13)8-15(5-6-15)14(17)19-16/h3-4,7,9H,2,5-6,8,16H2,1H3. The lowest BCUT2D eigenvalue weighted by Crippen LogP contribution is -2.24. The third kappa shape index (κ3) is 2.02. The quantitative estimate of drug-likeness (QED) is 0.857. The van der Waals surface area contributed by atoms with Crippen LogP contribution >= 0.6 is 0 Å². The molecule has 0 spiro atoms. The maximum Gasteiger partial charge on any atom is 0.330 e. The highest BCUT2D eigenvalue weighted by atomic mass is 16.7. The molecule has 1 heterocycles. The van der Waals surface area contributed by atoms with Gasteiger partial charge in [-0.25, -0.2) is 4.79 Å². The van der Waals surface area contributed by atoms with E-state index >= 15 is 0 Å². The van der Waals surface area contributed by atoms with Crippen LogP contribution < -0.4 is 5.90 Å². The largest absolute Gasteiger partial charge is 0.464 e. The topological polar surface area (TPSA) is 65.5 Å². The van der Waals surface area contributed by atoms with Gasteiger partial charge in [0.05, 0.1) is 11.7 Å². The fourth-order valence-electron chi connectivity index (χ4n) is 2.58. The van der Waals surface area contributed by atoms with Crippen molar-refractivity contribution in [3.8, 4) is 0 Å². The van der Waals surface area contributed by atoms with Crippen LogP contribution in [0.4, 0.5) is 0 Å². The Morgan fingerprint density at radius 1 is 1.47 bits per heavy atom. The van der Waals surface area contributed by atoms with Crippen LogP contribution in [-0.2, 0) is 22.5 Å². The summed E-state index contributed by atoms with van der Waals surface area (Å²) < 4.78 is 5.55.